The summed E-state index contributed by atoms with van der Waals surface area (Å²) in [6, 6.07) is 18.2. The maximum Gasteiger partial charge on any atom is 0.265 e. The summed E-state index contributed by atoms with van der Waals surface area (Å²) in [4.78, 5) is 24.7. The number of carbonyl (C=O) groups is 2. The third-order valence-corrected chi connectivity index (χ3v) is 6.24. The molecule has 0 saturated heterocycles. The SMILES string of the molecule is COc1ccc(NS(=O)(=O)c2cc(NC(=O)C(C)NC(=O)c3ccccc3)ccc2OC)cc1. The number of nitrogens with one attached hydrogen (secondary N) is 3. The Labute approximate surface area is 198 Å². The van der Waals surface area contributed by atoms with Crippen molar-refractivity contribution in [3.05, 3.63) is 78.4 Å². The average Bonchev–Trinajstić information content (AvgIpc) is 2.84. The molecule has 3 N–H and O–H groups in total. The van der Waals surface area contributed by atoms with Gasteiger partial charge in [0.05, 0.1) is 14.2 Å². The Hall–Kier alpha value is -4.05. The highest BCUT2D eigenvalue weighted by Crippen LogP contribution is 2.29. The van der Waals surface area contributed by atoms with Gasteiger partial charge >= 0.3 is 0 Å². The number of ether oxygens (including phenoxy) is 2. The fourth-order valence-corrected chi connectivity index (χ4v) is 4.27. The minimum atomic E-state index is -4.05. The van der Waals surface area contributed by atoms with E-state index in [1.165, 1.54) is 39.3 Å². The van der Waals surface area contributed by atoms with E-state index in [0.717, 1.165) is 0 Å². The Bertz CT molecular complexity index is 1260. The van der Waals surface area contributed by atoms with Crippen LogP contribution in [0.1, 0.15) is 17.3 Å². The fourth-order valence-electron chi connectivity index (χ4n) is 3.02. The topological polar surface area (TPSA) is 123 Å². The third kappa shape index (κ3) is 6.04. The summed E-state index contributed by atoms with van der Waals surface area (Å²) in [5.74, 6) is -0.228. The number of sulfonamides is 1. The first-order chi connectivity index (χ1) is 16.2. The lowest BCUT2D eigenvalue weighted by Crippen LogP contribution is -2.41. The van der Waals surface area contributed by atoms with Crippen molar-refractivity contribution in [1.29, 1.82) is 0 Å². The smallest absolute Gasteiger partial charge is 0.265 e. The maximum absolute atomic E-state index is 13.0. The van der Waals surface area contributed by atoms with Gasteiger partial charge in [-0.3, -0.25) is 14.3 Å². The van der Waals surface area contributed by atoms with Crippen LogP contribution in [0.3, 0.4) is 0 Å². The van der Waals surface area contributed by atoms with Crippen molar-refractivity contribution in [2.75, 3.05) is 24.3 Å². The van der Waals surface area contributed by atoms with Gasteiger partial charge in [0.25, 0.3) is 15.9 Å². The van der Waals surface area contributed by atoms with Crippen LogP contribution < -0.4 is 24.8 Å². The molecular formula is C24H25N3O6S. The largest absolute Gasteiger partial charge is 0.497 e. The molecule has 0 saturated carbocycles. The van der Waals surface area contributed by atoms with Gasteiger partial charge in [-0.2, -0.15) is 0 Å². The summed E-state index contributed by atoms with van der Waals surface area (Å²) < 4.78 is 38.8. The Morgan fingerprint density at radius 1 is 0.853 bits per heavy atom. The van der Waals surface area contributed by atoms with Crippen molar-refractivity contribution in [3.8, 4) is 11.5 Å². The van der Waals surface area contributed by atoms with Crippen molar-refractivity contribution in [2.45, 2.75) is 17.9 Å². The lowest BCUT2D eigenvalue weighted by Gasteiger charge is -2.16. The van der Waals surface area contributed by atoms with E-state index in [1.54, 1.807) is 54.6 Å². The predicted molar refractivity (Wildman–Crippen MR) is 129 cm³/mol. The molecule has 0 aromatic heterocycles. The number of hydrogen-bond donors (Lipinski definition) is 3. The fraction of sp³-hybridized carbons (Fsp3) is 0.167. The zero-order valence-electron chi connectivity index (χ0n) is 18.9. The van der Waals surface area contributed by atoms with E-state index in [0.29, 0.717) is 17.0 Å². The van der Waals surface area contributed by atoms with Crippen molar-refractivity contribution >= 4 is 33.2 Å². The van der Waals surface area contributed by atoms with Crippen LogP contribution in [0.25, 0.3) is 0 Å². The molecule has 178 valence electrons. The average molecular weight is 484 g/mol. The van der Waals surface area contributed by atoms with Crippen LogP contribution in [-0.2, 0) is 14.8 Å². The van der Waals surface area contributed by atoms with Gasteiger partial charge in [-0.25, -0.2) is 8.42 Å². The first kappa shape index (κ1) is 24.6. The summed E-state index contributed by atoms with van der Waals surface area (Å²) >= 11 is 0. The van der Waals surface area contributed by atoms with Crippen molar-refractivity contribution in [3.63, 3.8) is 0 Å². The van der Waals surface area contributed by atoms with Crippen LogP contribution in [0.5, 0.6) is 11.5 Å². The molecule has 2 amide bonds. The Kier molecular flexibility index (Phi) is 7.75. The lowest BCUT2D eigenvalue weighted by atomic mass is 10.2. The highest BCUT2D eigenvalue weighted by atomic mass is 32.2. The first-order valence-corrected chi connectivity index (χ1v) is 11.7. The van der Waals surface area contributed by atoms with E-state index >= 15 is 0 Å². The molecule has 0 aliphatic carbocycles. The van der Waals surface area contributed by atoms with Crippen LogP contribution in [0.15, 0.2) is 77.7 Å². The Morgan fingerprint density at radius 3 is 2.12 bits per heavy atom. The van der Waals surface area contributed by atoms with Gasteiger partial charge in [-0.15, -0.1) is 0 Å². The second kappa shape index (κ2) is 10.7. The molecule has 0 aliphatic heterocycles. The number of rotatable bonds is 9. The highest BCUT2D eigenvalue weighted by Gasteiger charge is 2.22. The van der Waals surface area contributed by atoms with Crippen LogP contribution >= 0.6 is 0 Å². The van der Waals surface area contributed by atoms with E-state index in [-0.39, 0.29) is 16.3 Å². The number of carbonyl (C=O) groups excluding carboxylic acids is 2. The van der Waals surface area contributed by atoms with Crippen LogP contribution in [0.4, 0.5) is 11.4 Å². The Morgan fingerprint density at radius 2 is 1.50 bits per heavy atom. The minimum Gasteiger partial charge on any atom is -0.497 e. The molecule has 3 aromatic carbocycles. The van der Waals surface area contributed by atoms with E-state index in [2.05, 4.69) is 15.4 Å². The predicted octanol–water partition coefficient (Wildman–Crippen LogP) is 3.26. The standard InChI is InChI=1S/C24H25N3O6S/c1-16(25-24(29)17-7-5-4-6-8-17)23(28)26-19-11-14-21(33-3)22(15-19)34(30,31)27-18-9-12-20(32-2)13-10-18/h4-16,27H,1-3H3,(H,25,29)(H,26,28). The van der Waals surface area contributed by atoms with Crippen molar-refractivity contribution < 1.29 is 27.5 Å². The number of amides is 2. The molecule has 0 fully saturated rings. The Balaban J connectivity index is 1.75. The molecule has 10 heteroatoms. The van der Waals surface area contributed by atoms with E-state index < -0.39 is 27.9 Å². The molecule has 0 bridgehead atoms. The van der Waals surface area contributed by atoms with E-state index in [9.17, 15) is 18.0 Å². The molecule has 0 heterocycles. The summed E-state index contributed by atoms with van der Waals surface area (Å²) in [6.07, 6.45) is 0. The van der Waals surface area contributed by atoms with Gasteiger partial charge in [-0.05, 0) is 61.5 Å². The number of anilines is 2. The molecule has 0 spiro atoms. The molecule has 9 nitrogen and oxygen atoms in total. The molecule has 1 unspecified atom stereocenters. The third-order valence-electron chi connectivity index (χ3n) is 4.84. The van der Waals surface area contributed by atoms with Gasteiger partial charge in [0.1, 0.15) is 22.4 Å². The molecule has 1 atom stereocenters. The molecule has 0 aliphatic rings. The van der Waals surface area contributed by atoms with Gasteiger partial charge < -0.3 is 20.1 Å². The quantitative estimate of drug-likeness (QED) is 0.429. The molecular weight excluding hydrogens is 458 g/mol. The van der Waals surface area contributed by atoms with Gasteiger partial charge in [0.15, 0.2) is 0 Å². The lowest BCUT2D eigenvalue weighted by molar-refractivity contribution is -0.117. The number of hydrogen-bond acceptors (Lipinski definition) is 6. The van der Waals surface area contributed by atoms with Crippen molar-refractivity contribution in [1.82, 2.24) is 5.32 Å². The van der Waals surface area contributed by atoms with Gasteiger partial charge in [0.2, 0.25) is 5.91 Å². The second-order valence-corrected chi connectivity index (χ2v) is 8.90. The van der Waals surface area contributed by atoms with Gasteiger partial charge in [0, 0.05) is 16.9 Å². The van der Waals surface area contributed by atoms with Crippen LogP contribution in [0.2, 0.25) is 0 Å². The molecule has 3 rings (SSSR count). The number of benzene rings is 3. The van der Waals surface area contributed by atoms with Gasteiger partial charge in [-0.1, -0.05) is 18.2 Å². The van der Waals surface area contributed by atoms with Crippen LogP contribution in [-0.4, -0.2) is 40.5 Å². The van der Waals surface area contributed by atoms with E-state index in [4.69, 9.17) is 9.47 Å². The minimum absolute atomic E-state index is 0.101. The maximum atomic E-state index is 13.0. The van der Waals surface area contributed by atoms with Crippen molar-refractivity contribution in [2.24, 2.45) is 0 Å². The molecule has 3 aromatic rings. The number of methoxy groups -OCH3 is 2. The van der Waals surface area contributed by atoms with E-state index in [1.807, 2.05) is 0 Å². The highest BCUT2D eigenvalue weighted by molar-refractivity contribution is 7.92. The first-order valence-electron chi connectivity index (χ1n) is 10.2. The van der Waals surface area contributed by atoms with Crippen LogP contribution in [0, 0.1) is 0 Å². The summed E-state index contributed by atoms with van der Waals surface area (Å²) in [5, 5.41) is 5.23. The normalized spacial score (nSPS) is 11.7. The molecule has 34 heavy (non-hydrogen) atoms. The summed E-state index contributed by atoms with van der Waals surface area (Å²) in [7, 11) is -1.19. The zero-order valence-corrected chi connectivity index (χ0v) is 19.7. The summed E-state index contributed by atoms with van der Waals surface area (Å²) in [5.41, 5.74) is 0.973. The second-order valence-electron chi connectivity index (χ2n) is 7.25. The zero-order chi connectivity index (χ0) is 24.7. The monoisotopic (exact) mass is 483 g/mol. The molecule has 0 radical (unpaired) electrons. The summed E-state index contributed by atoms with van der Waals surface area (Å²) in [6.45, 7) is 1.53.